The number of benzene rings is 2. The molecule has 0 bridgehead atoms. The van der Waals surface area contributed by atoms with Gasteiger partial charge in [0.1, 0.15) is 5.82 Å². The number of para-hydroxylation sites is 1. The van der Waals surface area contributed by atoms with Gasteiger partial charge in [0.15, 0.2) is 0 Å². The van der Waals surface area contributed by atoms with Gasteiger partial charge >= 0.3 is 29.6 Å². The van der Waals surface area contributed by atoms with E-state index in [2.05, 4.69) is 10.4 Å². The maximum absolute atomic E-state index is 11.2. The topological polar surface area (TPSA) is 87.8 Å². The summed E-state index contributed by atoms with van der Waals surface area (Å²) in [6.07, 6.45) is 0. The number of hydrogen-bond acceptors (Lipinski definition) is 4. The van der Waals surface area contributed by atoms with E-state index in [-0.39, 0.29) is 34.5 Å². The van der Waals surface area contributed by atoms with Crippen molar-refractivity contribution in [2.24, 2.45) is 0 Å². The predicted molar refractivity (Wildman–Crippen MR) is 89.5 cm³/mol. The van der Waals surface area contributed by atoms with Crippen LogP contribution in [-0.2, 0) is 10.0 Å². The molecule has 118 valence electrons. The van der Waals surface area contributed by atoms with Gasteiger partial charge in [0.25, 0.3) is 0 Å². The number of anilines is 2. The summed E-state index contributed by atoms with van der Waals surface area (Å²) in [4.78, 5) is -0.0317. The molecule has 0 aliphatic carbocycles. The number of sulfonamides is 1. The van der Waals surface area contributed by atoms with E-state index in [1.54, 1.807) is 16.8 Å². The van der Waals surface area contributed by atoms with Crippen molar-refractivity contribution >= 4 is 21.5 Å². The van der Waals surface area contributed by atoms with E-state index in [1.807, 2.05) is 43.3 Å². The molecule has 3 aromatic rings. The molecule has 0 spiro atoms. The second kappa shape index (κ2) is 7.50. The second-order valence-electron chi connectivity index (χ2n) is 5.07. The van der Waals surface area contributed by atoms with E-state index in [0.717, 1.165) is 22.9 Å². The molecule has 2 aromatic carbocycles. The monoisotopic (exact) mass is 350 g/mol. The van der Waals surface area contributed by atoms with Crippen molar-refractivity contribution in [1.82, 2.24) is 9.78 Å². The summed E-state index contributed by atoms with van der Waals surface area (Å²) in [5.41, 5.74) is 2.50. The summed E-state index contributed by atoms with van der Waals surface area (Å²) in [5.74, 6) is 0.773. The molecule has 0 atom stereocenters. The Morgan fingerprint density at radius 2 is 1.67 bits per heavy atom. The van der Waals surface area contributed by atoms with E-state index in [1.165, 1.54) is 12.1 Å². The number of nitrogens with one attached hydrogen (secondary N) is 2. The Morgan fingerprint density at radius 3 is 2.25 bits per heavy atom. The van der Waals surface area contributed by atoms with Crippen LogP contribution in [0.5, 0.6) is 0 Å². The Morgan fingerprint density at radius 1 is 1.04 bits per heavy atom. The summed E-state index contributed by atoms with van der Waals surface area (Å²) < 4.78 is 24.1. The predicted octanol–water partition coefficient (Wildman–Crippen LogP) is 0.669. The molecular formula is C16H15N4NaO2S. The molecule has 0 amide bonds. The molecule has 0 saturated carbocycles. The quantitative estimate of drug-likeness (QED) is 0.701. The molecule has 8 heteroatoms. The first-order chi connectivity index (χ1) is 10.9. The van der Waals surface area contributed by atoms with Crippen molar-refractivity contribution < 1.29 is 38.0 Å². The van der Waals surface area contributed by atoms with Crippen LogP contribution in [0.1, 0.15) is 5.69 Å². The third kappa shape index (κ3) is 4.25. The average molecular weight is 350 g/mol. The minimum Gasteiger partial charge on any atom is -0.560 e. The molecular weight excluding hydrogens is 335 g/mol. The Labute approximate surface area is 163 Å². The largest absolute Gasteiger partial charge is 1.00 e. The van der Waals surface area contributed by atoms with Crippen molar-refractivity contribution in [1.29, 1.82) is 0 Å². The zero-order chi connectivity index (χ0) is 16.4. The molecule has 0 fully saturated rings. The molecule has 0 aliphatic rings. The van der Waals surface area contributed by atoms with Crippen LogP contribution >= 0.6 is 0 Å². The Hall–Kier alpha value is -1.64. The van der Waals surface area contributed by atoms with Crippen LogP contribution in [0.4, 0.5) is 11.5 Å². The van der Waals surface area contributed by atoms with Crippen molar-refractivity contribution in [3.05, 3.63) is 71.5 Å². The van der Waals surface area contributed by atoms with Crippen molar-refractivity contribution in [2.75, 3.05) is 5.32 Å². The van der Waals surface area contributed by atoms with Crippen LogP contribution in [0, 0.1) is 6.92 Å². The molecule has 2 N–H and O–H groups in total. The smallest absolute Gasteiger partial charge is 0.560 e. The van der Waals surface area contributed by atoms with E-state index in [9.17, 15) is 8.42 Å². The first-order valence-electron chi connectivity index (χ1n) is 6.92. The third-order valence-electron chi connectivity index (χ3n) is 3.27. The van der Waals surface area contributed by atoms with E-state index in [0.29, 0.717) is 0 Å². The van der Waals surface area contributed by atoms with Crippen LogP contribution in [-0.4, -0.2) is 18.2 Å². The van der Waals surface area contributed by atoms with Gasteiger partial charge in [0.05, 0.1) is 21.4 Å². The van der Waals surface area contributed by atoms with Gasteiger partial charge in [-0.15, -0.1) is 0 Å². The molecule has 0 aliphatic heterocycles. The third-order valence-corrected chi connectivity index (χ3v) is 4.16. The number of nitrogens with zero attached hydrogens (tertiary/aromatic N) is 2. The molecule has 24 heavy (non-hydrogen) atoms. The van der Waals surface area contributed by atoms with Gasteiger partial charge in [-0.3, -0.25) is 0 Å². The summed E-state index contributed by atoms with van der Waals surface area (Å²) in [6.45, 7) is 1.90. The van der Waals surface area contributed by atoms with Crippen LogP contribution in [0.3, 0.4) is 0 Å². The van der Waals surface area contributed by atoms with Gasteiger partial charge in [0, 0.05) is 16.6 Å². The van der Waals surface area contributed by atoms with Gasteiger partial charge in [-0.1, -0.05) is 18.2 Å². The van der Waals surface area contributed by atoms with Gasteiger partial charge < -0.3 is 10.5 Å². The van der Waals surface area contributed by atoms with Crippen molar-refractivity contribution in [3.8, 4) is 5.69 Å². The normalized spacial score (nSPS) is 10.9. The summed E-state index contributed by atoms with van der Waals surface area (Å²) in [5, 5.41) is 14.7. The fourth-order valence-corrected chi connectivity index (χ4v) is 2.71. The maximum atomic E-state index is 11.2. The van der Waals surface area contributed by atoms with Crippen LogP contribution < -0.4 is 34.9 Å². The van der Waals surface area contributed by atoms with Gasteiger partial charge in [-0.05, 0) is 43.3 Å². The Bertz CT molecular complexity index is 922. The average Bonchev–Trinajstić information content (AvgIpc) is 2.88. The minimum atomic E-state index is -3.93. The van der Waals surface area contributed by atoms with Crippen LogP contribution in [0.25, 0.3) is 10.8 Å². The molecule has 1 heterocycles. The zero-order valence-corrected chi connectivity index (χ0v) is 16.2. The Kier molecular flexibility index (Phi) is 5.84. The van der Waals surface area contributed by atoms with Crippen molar-refractivity contribution in [2.45, 2.75) is 11.8 Å². The van der Waals surface area contributed by atoms with Crippen molar-refractivity contribution in [3.63, 3.8) is 0 Å². The first kappa shape index (κ1) is 18.7. The second-order valence-corrected chi connectivity index (χ2v) is 6.55. The van der Waals surface area contributed by atoms with Gasteiger partial charge in [0.2, 0.25) is 0 Å². The van der Waals surface area contributed by atoms with E-state index in [4.69, 9.17) is 5.14 Å². The molecule has 0 saturated heterocycles. The van der Waals surface area contributed by atoms with Crippen LogP contribution in [0.15, 0.2) is 65.6 Å². The molecule has 3 rings (SSSR count). The standard InChI is InChI=1S/C16H15N4O2S.Na/c1-12-11-16(20(19-12)14-5-3-2-4-6-14)18-13-7-9-15(10-8-13)23(17,21)22;/h2-11,18H,1H3,(H-,17,21,22);/q-1;+1. The summed E-state index contributed by atoms with van der Waals surface area (Å²) in [6, 6.07) is 17.7. The maximum Gasteiger partial charge on any atom is 1.00 e. The molecule has 1 aromatic heterocycles. The number of hydrogen-bond donors (Lipinski definition) is 1. The fraction of sp³-hybridized carbons (Fsp3) is 0.0625. The van der Waals surface area contributed by atoms with E-state index >= 15 is 0 Å². The number of aromatic nitrogens is 2. The number of aryl methyl sites for hydroxylation is 1. The minimum absolute atomic E-state index is 0. The molecule has 0 unspecified atom stereocenters. The fourth-order valence-electron chi connectivity index (χ4n) is 2.22. The first-order valence-corrected chi connectivity index (χ1v) is 8.40. The summed E-state index contributed by atoms with van der Waals surface area (Å²) in [7, 11) is -3.93. The van der Waals surface area contributed by atoms with Gasteiger partial charge in [-0.2, -0.15) is 5.10 Å². The summed E-state index contributed by atoms with van der Waals surface area (Å²) >= 11 is 0. The zero-order valence-electron chi connectivity index (χ0n) is 13.4. The molecule has 6 nitrogen and oxygen atoms in total. The van der Waals surface area contributed by atoms with Gasteiger partial charge in [-0.25, -0.2) is 13.1 Å². The SMILES string of the molecule is Cc1cc(Nc2ccc(S([NH-])(=O)=O)cc2)n(-c2ccccc2)n1.[Na+]. The number of rotatable bonds is 4. The van der Waals surface area contributed by atoms with Crippen LogP contribution in [0.2, 0.25) is 0 Å². The molecule has 0 radical (unpaired) electrons. The Balaban J connectivity index is 0.00000208. The van der Waals surface area contributed by atoms with E-state index < -0.39 is 10.0 Å².